The highest BCUT2D eigenvalue weighted by molar-refractivity contribution is 5.40. The summed E-state index contributed by atoms with van der Waals surface area (Å²) in [6.07, 6.45) is 4.38. The predicted molar refractivity (Wildman–Crippen MR) is 70.3 cm³/mol. The van der Waals surface area contributed by atoms with Crippen LogP contribution < -0.4 is 10.6 Å². The molecular weight excluding hydrogens is 216 g/mol. The number of hydrogen-bond acceptors (Lipinski definition) is 5. The van der Waals surface area contributed by atoms with Crippen LogP contribution >= 0.6 is 0 Å². The molecule has 0 aliphatic rings. The van der Waals surface area contributed by atoms with Crippen molar-refractivity contribution in [3.8, 4) is 0 Å². The Morgan fingerprint density at radius 1 is 1.29 bits per heavy atom. The number of nitrogens with one attached hydrogen (secondary N) is 2. The third-order valence-electron chi connectivity index (χ3n) is 2.11. The van der Waals surface area contributed by atoms with Gasteiger partial charge in [0.1, 0.15) is 11.6 Å². The second-order valence-electron chi connectivity index (χ2n) is 4.29. The van der Waals surface area contributed by atoms with Crippen LogP contribution in [-0.4, -0.2) is 36.8 Å². The maximum Gasteiger partial charge on any atom is 0.146 e. The molecule has 0 unspecified atom stereocenters. The van der Waals surface area contributed by atoms with E-state index in [0.29, 0.717) is 5.92 Å². The van der Waals surface area contributed by atoms with Crippen molar-refractivity contribution in [3.05, 3.63) is 12.4 Å². The van der Waals surface area contributed by atoms with Gasteiger partial charge in [-0.05, 0) is 12.3 Å². The van der Waals surface area contributed by atoms with Gasteiger partial charge in [0.2, 0.25) is 0 Å². The molecule has 1 rings (SSSR count). The van der Waals surface area contributed by atoms with Crippen molar-refractivity contribution in [1.29, 1.82) is 0 Å². The van der Waals surface area contributed by atoms with Gasteiger partial charge in [0.05, 0.1) is 12.4 Å². The zero-order chi connectivity index (χ0) is 12.5. The first-order valence-corrected chi connectivity index (χ1v) is 6.03. The van der Waals surface area contributed by atoms with E-state index in [1.54, 1.807) is 12.4 Å². The fourth-order valence-electron chi connectivity index (χ4n) is 1.28. The van der Waals surface area contributed by atoms with Gasteiger partial charge in [0, 0.05) is 26.8 Å². The van der Waals surface area contributed by atoms with E-state index in [1.807, 2.05) is 7.05 Å². The maximum absolute atomic E-state index is 5.49. The van der Waals surface area contributed by atoms with E-state index < -0.39 is 0 Å². The normalized spacial score (nSPS) is 10.6. The summed E-state index contributed by atoms with van der Waals surface area (Å²) in [6, 6.07) is 0. The number of anilines is 2. The molecule has 0 atom stereocenters. The Balaban J connectivity index is 2.13. The lowest BCUT2D eigenvalue weighted by Gasteiger charge is -2.08. The van der Waals surface area contributed by atoms with Crippen LogP contribution in [0.3, 0.4) is 0 Å². The number of hydrogen-bond donors (Lipinski definition) is 2. The van der Waals surface area contributed by atoms with Gasteiger partial charge in [-0.2, -0.15) is 0 Å². The van der Waals surface area contributed by atoms with Gasteiger partial charge in [-0.15, -0.1) is 0 Å². The van der Waals surface area contributed by atoms with Crippen molar-refractivity contribution >= 4 is 11.6 Å². The van der Waals surface area contributed by atoms with E-state index in [9.17, 15) is 0 Å². The summed E-state index contributed by atoms with van der Waals surface area (Å²) < 4.78 is 5.49. The fraction of sp³-hybridized carbons (Fsp3) is 0.667. The van der Waals surface area contributed by atoms with Crippen LogP contribution in [0.5, 0.6) is 0 Å². The quantitative estimate of drug-likeness (QED) is 0.678. The van der Waals surface area contributed by atoms with Gasteiger partial charge in [0.15, 0.2) is 0 Å². The first kappa shape index (κ1) is 13.7. The number of rotatable bonds is 8. The van der Waals surface area contributed by atoms with E-state index >= 15 is 0 Å². The topological polar surface area (TPSA) is 59.1 Å². The number of aromatic nitrogens is 2. The second-order valence-corrected chi connectivity index (χ2v) is 4.29. The molecular formula is C12H22N4O. The Kier molecular flexibility index (Phi) is 6.32. The van der Waals surface area contributed by atoms with Crippen molar-refractivity contribution in [1.82, 2.24) is 9.97 Å². The van der Waals surface area contributed by atoms with Crippen molar-refractivity contribution in [2.24, 2.45) is 5.92 Å². The summed E-state index contributed by atoms with van der Waals surface area (Å²) in [4.78, 5) is 8.39. The van der Waals surface area contributed by atoms with Gasteiger partial charge in [-0.3, -0.25) is 4.98 Å². The molecule has 1 aromatic heterocycles. The zero-order valence-electron chi connectivity index (χ0n) is 10.9. The van der Waals surface area contributed by atoms with Crippen LogP contribution in [0.4, 0.5) is 11.6 Å². The minimum absolute atomic E-state index is 0.598. The van der Waals surface area contributed by atoms with Crippen molar-refractivity contribution in [2.75, 3.05) is 37.4 Å². The lowest BCUT2D eigenvalue weighted by atomic mass is 10.2. The lowest BCUT2D eigenvalue weighted by molar-refractivity contribution is 0.110. The molecule has 0 spiro atoms. The van der Waals surface area contributed by atoms with Gasteiger partial charge in [-0.25, -0.2) is 4.98 Å². The molecule has 0 amide bonds. The molecule has 0 saturated heterocycles. The Bertz CT molecular complexity index is 317. The molecule has 2 N–H and O–H groups in total. The summed E-state index contributed by atoms with van der Waals surface area (Å²) in [5, 5.41) is 6.17. The van der Waals surface area contributed by atoms with Crippen LogP contribution in [0, 0.1) is 5.92 Å². The molecule has 5 heteroatoms. The van der Waals surface area contributed by atoms with Crippen molar-refractivity contribution < 1.29 is 4.74 Å². The summed E-state index contributed by atoms with van der Waals surface area (Å²) >= 11 is 0. The van der Waals surface area contributed by atoms with E-state index in [2.05, 4.69) is 34.4 Å². The average Bonchev–Trinajstić information content (AvgIpc) is 2.33. The smallest absolute Gasteiger partial charge is 0.146 e. The standard InChI is InChI=1S/C12H22N4O/c1-10(2)9-17-6-4-5-15-12-8-14-7-11(13-3)16-12/h7-8,10H,4-6,9H2,1-3H3,(H2,13,15,16). The van der Waals surface area contributed by atoms with E-state index in [1.165, 1.54) is 0 Å². The molecule has 0 bridgehead atoms. The van der Waals surface area contributed by atoms with Crippen LogP contribution in [0.1, 0.15) is 20.3 Å². The SMILES string of the molecule is CNc1cncc(NCCCOCC(C)C)n1. The minimum atomic E-state index is 0.598. The predicted octanol–water partition coefficient (Wildman–Crippen LogP) is 1.99. The molecule has 0 saturated carbocycles. The highest BCUT2D eigenvalue weighted by Crippen LogP contribution is 2.05. The maximum atomic E-state index is 5.49. The van der Waals surface area contributed by atoms with E-state index in [-0.39, 0.29) is 0 Å². The van der Waals surface area contributed by atoms with Crippen LogP contribution in [0.15, 0.2) is 12.4 Å². The summed E-state index contributed by atoms with van der Waals surface area (Å²) in [6.45, 7) is 6.76. The Morgan fingerprint density at radius 3 is 2.76 bits per heavy atom. The van der Waals surface area contributed by atoms with E-state index in [4.69, 9.17) is 4.74 Å². The zero-order valence-corrected chi connectivity index (χ0v) is 10.9. The third-order valence-corrected chi connectivity index (χ3v) is 2.11. The molecule has 0 fully saturated rings. The highest BCUT2D eigenvalue weighted by atomic mass is 16.5. The summed E-state index contributed by atoms with van der Waals surface area (Å²) in [7, 11) is 1.83. The molecule has 0 aliphatic carbocycles. The Labute approximate surface area is 103 Å². The van der Waals surface area contributed by atoms with Gasteiger partial charge in [-0.1, -0.05) is 13.8 Å². The Morgan fingerprint density at radius 2 is 2.06 bits per heavy atom. The largest absolute Gasteiger partial charge is 0.381 e. The average molecular weight is 238 g/mol. The van der Waals surface area contributed by atoms with Gasteiger partial charge in [0.25, 0.3) is 0 Å². The first-order chi connectivity index (χ1) is 8.22. The van der Waals surface area contributed by atoms with Gasteiger partial charge >= 0.3 is 0 Å². The minimum Gasteiger partial charge on any atom is -0.381 e. The van der Waals surface area contributed by atoms with Crippen molar-refractivity contribution in [2.45, 2.75) is 20.3 Å². The molecule has 0 radical (unpaired) electrons. The van der Waals surface area contributed by atoms with Crippen LogP contribution in [0.2, 0.25) is 0 Å². The molecule has 1 heterocycles. The third kappa shape index (κ3) is 6.06. The second kappa shape index (κ2) is 7.84. The molecule has 5 nitrogen and oxygen atoms in total. The molecule has 17 heavy (non-hydrogen) atoms. The lowest BCUT2D eigenvalue weighted by Crippen LogP contribution is -2.09. The van der Waals surface area contributed by atoms with E-state index in [0.717, 1.165) is 37.8 Å². The van der Waals surface area contributed by atoms with Gasteiger partial charge < -0.3 is 15.4 Å². The van der Waals surface area contributed by atoms with Crippen LogP contribution in [-0.2, 0) is 4.74 Å². The number of nitrogens with zero attached hydrogens (tertiary/aromatic N) is 2. The Hall–Kier alpha value is -1.36. The molecule has 96 valence electrons. The molecule has 1 aromatic rings. The summed E-state index contributed by atoms with van der Waals surface area (Å²) in [5.74, 6) is 2.16. The number of ether oxygens (including phenoxy) is 1. The highest BCUT2D eigenvalue weighted by Gasteiger charge is 1.97. The summed E-state index contributed by atoms with van der Waals surface area (Å²) in [5.41, 5.74) is 0. The fourth-order valence-corrected chi connectivity index (χ4v) is 1.28. The first-order valence-electron chi connectivity index (χ1n) is 6.03. The molecule has 0 aromatic carbocycles. The van der Waals surface area contributed by atoms with Crippen molar-refractivity contribution in [3.63, 3.8) is 0 Å². The van der Waals surface area contributed by atoms with Crippen LogP contribution in [0.25, 0.3) is 0 Å². The molecule has 0 aliphatic heterocycles. The monoisotopic (exact) mass is 238 g/mol.